The van der Waals surface area contributed by atoms with Gasteiger partial charge in [-0.25, -0.2) is 0 Å². The number of benzene rings is 2. The zero-order chi connectivity index (χ0) is 19.7. The predicted molar refractivity (Wildman–Crippen MR) is 107 cm³/mol. The van der Waals surface area contributed by atoms with Crippen LogP contribution in [0.4, 0.5) is 0 Å². The van der Waals surface area contributed by atoms with Gasteiger partial charge in [0.1, 0.15) is 0 Å². The maximum Gasteiger partial charge on any atom is 0.254 e. The van der Waals surface area contributed by atoms with Gasteiger partial charge in [0.25, 0.3) is 5.91 Å². The van der Waals surface area contributed by atoms with Crippen molar-refractivity contribution >= 4 is 5.91 Å². The lowest BCUT2D eigenvalue weighted by atomic mass is 9.93. The van der Waals surface area contributed by atoms with Gasteiger partial charge in [0.15, 0.2) is 0 Å². The zero-order valence-corrected chi connectivity index (χ0v) is 16.3. The first-order valence-electron chi connectivity index (χ1n) is 9.39. The Bertz CT molecular complexity index is 951. The second kappa shape index (κ2) is 7.52. The SMILES string of the molecule is Cc1ccc(C2CN(C(=O)c3ccccc3-c3nn[nH]n3)CC2N(C)C)cc1. The molecule has 0 aliphatic carbocycles. The fraction of sp³-hybridized carbons (Fsp3) is 0.333. The third kappa shape index (κ3) is 3.41. The average molecular weight is 376 g/mol. The second-order valence-electron chi connectivity index (χ2n) is 7.54. The molecule has 2 atom stereocenters. The molecule has 144 valence electrons. The first-order valence-corrected chi connectivity index (χ1v) is 9.39. The molecule has 1 aliphatic rings. The maximum absolute atomic E-state index is 13.4. The van der Waals surface area contributed by atoms with E-state index in [1.54, 1.807) is 0 Å². The van der Waals surface area contributed by atoms with Gasteiger partial charge in [0.2, 0.25) is 5.82 Å². The molecule has 7 nitrogen and oxygen atoms in total. The molecule has 1 fully saturated rings. The number of aromatic nitrogens is 4. The molecule has 1 N–H and O–H groups in total. The molecule has 1 saturated heterocycles. The summed E-state index contributed by atoms with van der Waals surface area (Å²) in [5.74, 6) is 0.709. The number of rotatable bonds is 4. The number of likely N-dealkylation sites (N-methyl/N-ethyl adjacent to an activating group) is 1. The average Bonchev–Trinajstić information content (AvgIpc) is 3.38. The standard InChI is InChI=1S/C21H24N6O/c1-14-8-10-15(11-9-14)18-12-27(13-19(18)26(2)3)21(28)17-7-5-4-6-16(17)20-22-24-25-23-20/h4-11,18-19H,12-13H2,1-3H3,(H,22,23,24,25). The third-order valence-corrected chi connectivity index (χ3v) is 5.49. The zero-order valence-electron chi connectivity index (χ0n) is 16.3. The summed E-state index contributed by atoms with van der Waals surface area (Å²) in [6.07, 6.45) is 0. The van der Waals surface area contributed by atoms with Gasteiger partial charge in [0.05, 0.1) is 5.56 Å². The van der Waals surface area contributed by atoms with Crippen molar-refractivity contribution in [2.75, 3.05) is 27.2 Å². The molecule has 3 aromatic rings. The number of carbonyl (C=O) groups is 1. The van der Waals surface area contributed by atoms with Crippen LogP contribution in [0.3, 0.4) is 0 Å². The van der Waals surface area contributed by atoms with Crippen LogP contribution in [-0.4, -0.2) is 69.6 Å². The molecule has 28 heavy (non-hydrogen) atoms. The lowest BCUT2D eigenvalue weighted by Gasteiger charge is -2.25. The van der Waals surface area contributed by atoms with Gasteiger partial charge >= 0.3 is 0 Å². The number of nitrogens with zero attached hydrogens (tertiary/aromatic N) is 5. The number of likely N-dealkylation sites (tertiary alicyclic amines) is 1. The Kier molecular flexibility index (Phi) is 4.92. The van der Waals surface area contributed by atoms with Gasteiger partial charge in [-0.1, -0.05) is 48.0 Å². The molecule has 2 unspecified atom stereocenters. The number of nitrogens with one attached hydrogen (secondary N) is 1. The van der Waals surface area contributed by atoms with Crippen molar-refractivity contribution in [1.82, 2.24) is 30.4 Å². The molecule has 2 heterocycles. The number of tetrazole rings is 1. The van der Waals surface area contributed by atoms with Crippen molar-refractivity contribution in [3.05, 3.63) is 65.2 Å². The first kappa shape index (κ1) is 18.3. The Hall–Kier alpha value is -3.06. The van der Waals surface area contributed by atoms with Crippen LogP contribution in [0, 0.1) is 6.92 Å². The number of H-pyrrole nitrogens is 1. The number of aryl methyl sites for hydroxylation is 1. The quantitative estimate of drug-likeness (QED) is 0.756. The molecule has 1 aliphatic heterocycles. The summed E-state index contributed by atoms with van der Waals surface area (Å²) < 4.78 is 0. The third-order valence-electron chi connectivity index (χ3n) is 5.49. The van der Waals surface area contributed by atoms with Crippen molar-refractivity contribution in [2.45, 2.75) is 18.9 Å². The van der Waals surface area contributed by atoms with Crippen LogP contribution < -0.4 is 0 Å². The van der Waals surface area contributed by atoms with Gasteiger partial charge in [-0.05, 0) is 37.9 Å². The summed E-state index contributed by atoms with van der Waals surface area (Å²) in [6, 6.07) is 16.3. The van der Waals surface area contributed by atoms with Crippen LogP contribution in [0.25, 0.3) is 11.4 Å². The predicted octanol–water partition coefficient (Wildman–Crippen LogP) is 2.34. The molecule has 0 bridgehead atoms. The van der Waals surface area contributed by atoms with Crippen molar-refractivity contribution in [2.24, 2.45) is 0 Å². The summed E-state index contributed by atoms with van der Waals surface area (Å²) in [4.78, 5) is 17.5. The van der Waals surface area contributed by atoms with Crippen LogP contribution >= 0.6 is 0 Å². The minimum atomic E-state index is 0.00172. The number of aromatic amines is 1. The highest BCUT2D eigenvalue weighted by Gasteiger charge is 2.38. The Balaban J connectivity index is 1.64. The van der Waals surface area contributed by atoms with E-state index in [1.807, 2.05) is 29.2 Å². The van der Waals surface area contributed by atoms with Crippen LogP contribution in [-0.2, 0) is 0 Å². The van der Waals surface area contributed by atoms with E-state index in [0.717, 1.165) is 0 Å². The summed E-state index contributed by atoms with van der Waals surface area (Å²) >= 11 is 0. The van der Waals surface area contributed by atoms with E-state index in [9.17, 15) is 4.79 Å². The van der Waals surface area contributed by atoms with Crippen LogP contribution in [0.15, 0.2) is 48.5 Å². The number of hydrogen-bond donors (Lipinski definition) is 1. The van der Waals surface area contributed by atoms with Crippen LogP contribution in [0.1, 0.15) is 27.4 Å². The summed E-state index contributed by atoms with van der Waals surface area (Å²) in [5, 5.41) is 14.2. The number of amides is 1. The Morgan fingerprint density at radius 1 is 1.11 bits per heavy atom. The van der Waals surface area contributed by atoms with E-state index in [2.05, 4.69) is 70.8 Å². The van der Waals surface area contributed by atoms with E-state index < -0.39 is 0 Å². The molecular formula is C21H24N6O. The summed E-state index contributed by atoms with van der Waals surface area (Å²) in [5.41, 5.74) is 3.81. The van der Waals surface area contributed by atoms with Crippen molar-refractivity contribution < 1.29 is 4.79 Å². The minimum absolute atomic E-state index is 0.00172. The smallest absolute Gasteiger partial charge is 0.254 e. The van der Waals surface area contributed by atoms with E-state index >= 15 is 0 Å². The van der Waals surface area contributed by atoms with Crippen molar-refractivity contribution in [1.29, 1.82) is 0 Å². The van der Waals surface area contributed by atoms with Gasteiger partial charge in [-0.2, -0.15) is 5.21 Å². The topological polar surface area (TPSA) is 78.0 Å². The lowest BCUT2D eigenvalue weighted by Crippen LogP contribution is -2.36. The van der Waals surface area contributed by atoms with Gasteiger partial charge in [-0.15, -0.1) is 10.2 Å². The molecule has 0 spiro atoms. The number of carbonyl (C=O) groups excluding carboxylic acids is 1. The largest absolute Gasteiger partial charge is 0.336 e. The highest BCUT2D eigenvalue weighted by Crippen LogP contribution is 2.32. The highest BCUT2D eigenvalue weighted by atomic mass is 16.2. The summed E-state index contributed by atoms with van der Waals surface area (Å²) in [6.45, 7) is 3.46. The number of hydrogen-bond acceptors (Lipinski definition) is 5. The van der Waals surface area contributed by atoms with Gasteiger partial charge < -0.3 is 9.80 Å². The maximum atomic E-state index is 13.4. The molecule has 0 saturated carbocycles. The molecule has 1 amide bonds. The minimum Gasteiger partial charge on any atom is -0.336 e. The van der Waals surface area contributed by atoms with Crippen LogP contribution in [0.2, 0.25) is 0 Å². The van der Waals surface area contributed by atoms with Gasteiger partial charge in [-0.3, -0.25) is 4.79 Å². The molecule has 4 rings (SSSR count). The Morgan fingerprint density at radius 2 is 1.86 bits per heavy atom. The molecule has 0 radical (unpaired) electrons. The molecule has 2 aromatic carbocycles. The molecule has 1 aromatic heterocycles. The van der Waals surface area contributed by atoms with Crippen LogP contribution in [0.5, 0.6) is 0 Å². The Labute approximate surface area is 164 Å². The van der Waals surface area contributed by atoms with E-state index in [1.165, 1.54) is 11.1 Å². The van der Waals surface area contributed by atoms with E-state index in [-0.39, 0.29) is 17.9 Å². The molecule has 7 heteroatoms. The van der Waals surface area contributed by atoms with Crippen molar-refractivity contribution in [3.63, 3.8) is 0 Å². The Morgan fingerprint density at radius 3 is 2.54 bits per heavy atom. The fourth-order valence-corrected chi connectivity index (χ4v) is 3.93. The first-order chi connectivity index (χ1) is 13.5. The van der Waals surface area contributed by atoms with E-state index in [4.69, 9.17) is 0 Å². The fourth-order valence-electron chi connectivity index (χ4n) is 3.93. The van der Waals surface area contributed by atoms with Crippen molar-refractivity contribution in [3.8, 4) is 11.4 Å². The normalized spacial score (nSPS) is 19.4. The monoisotopic (exact) mass is 376 g/mol. The molecular weight excluding hydrogens is 352 g/mol. The second-order valence-corrected chi connectivity index (χ2v) is 7.54. The summed E-state index contributed by atoms with van der Waals surface area (Å²) in [7, 11) is 4.15. The highest BCUT2D eigenvalue weighted by molar-refractivity contribution is 6.00. The lowest BCUT2D eigenvalue weighted by molar-refractivity contribution is 0.0783. The van der Waals surface area contributed by atoms with Gasteiger partial charge in [0, 0.05) is 30.6 Å². The van der Waals surface area contributed by atoms with E-state index in [0.29, 0.717) is 30.0 Å².